The molecule has 0 saturated heterocycles. The summed E-state index contributed by atoms with van der Waals surface area (Å²) >= 11 is 0. The number of para-hydroxylation sites is 2. The van der Waals surface area contributed by atoms with E-state index in [0.29, 0.717) is 13.0 Å². The lowest BCUT2D eigenvalue weighted by Crippen LogP contribution is -2.26. The second-order valence-corrected chi connectivity index (χ2v) is 4.55. The molecule has 5 nitrogen and oxygen atoms in total. The Kier molecular flexibility index (Phi) is 3.59. The number of nitrogens with zero attached hydrogens (tertiary/aromatic N) is 2. The van der Waals surface area contributed by atoms with Gasteiger partial charge in [0, 0.05) is 13.0 Å². The minimum absolute atomic E-state index is 0.0691. The highest BCUT2D eigenvalue weighted by Gasteiger charge is 2.08. The number of benzene rings is 1. The van der Waals surface area contributed by atoms with Gasteiger partial charge in [-0.3, -0.25) is 4.79 Å². The Morgan fingerprint density at radius 3 is 2.81 bits per heavy atom. The van der Waals surface area contributed by atoms with E-state index in [1.165, 1.54) is 18.2 Å². The summed E-state index contributed by atoms with van der Waals surface area (Å²) in [6.45, 7) is 0.400. The third-order valence-corrected chi connectivity index (χ3v) is 3.03. The predicted molar refractivity (Wildman–Crippen MR) is 76.3 cm³/mol. The summed E-state index contributed by atoms with van der Waals surface area (Å²) in [5.74, 6) is -0.269. The van der Waals surface area contributed by atoms with Crippen LogP contribution in [0.5, 0.6) is 0 Å². The maximum absolute atomic E-state index is 12.9. The van der Waals surface area contributed by atoms with Gasteiger partial charge in [-0.1, -0.05) is 18.2 Å². The maximum Gasteiger partial charge on any atom is 0.270 e. The Labute approximate surface area is 120 Å². The van der Waals surface area contributed by atoms with Crippen molar-refractivity contribution >= 4 is 16.9 Å². The van der Waals surface area contributed by atoms with Gasteiger partial charge in [0.1, 0.15) is 11.5 Å². The van der Waals surface area contributed by atoms with Crippen LogP contribution in [0.3, 0.4) is 0 Å². The van der Waals surface area contributed by atoms with Crippen molar-refractivity contribution in [3.63, 3.8) is 0 Å². The highest BCUT2D eigenvalue weighted by Crippen LogP contribution is 2.10. The molecule has 3 rings (SSSR count). The van der Waals surface area contributed by atoms with Crippen molar-refractivity contribution in [3.05, 3.63) is 59.9 Å². The molecular weight excluding hydrogens is 271 g/mol. The average molecular weight is 284 g/mol. The molecule has 0 aliphatic heterocycles. The summed E-state index contributed by atoms with van der Waals surface area (Å²) in [6.07, 6.45) is 0.565. The fourth-order valence-corrected chi connectivity index (χ4v) is 2.04. The summed E-state index contributed by atoms with van der Waals surface area (Å²) < 4.78 is 12.9. The van der Waals surface area contributed by atoms with Crippen molar-refractivity contribution in [2.75, 3.05) is 6.54 Å². The first kappa shape index (κ1) is 13.2. The van der Waals surface area contributed by atoms with Crippen molar-refractivity contribution in [2.45, 2.75) is 6.42 Å². The van der Waals surface area contributed by atoms with Gasteiger partial charge in [0.15, 0.2) is 0 Å². The van der Waals surface area contributed by atoms with Gasteiger partial charge in [-0.15, -0.1) is 0 Å². The number of nitrogens with one attached hydrogen (secondary N) is 2. The van der Waals surface area contributed by atoms with E-state index in [1.54, 1.807) is 0 Å². The molecule has 1 aromatic carbocycles. The van der Waals surface area contributed by atoms with E-state index in [9.17, 15) is 9.18 Å². The largest absolute Gasteiger partial charge is 0.350 e. The second-order valence-electron chi connectivity index (χ2n) is 4.55. The number of carbonyl (C=O) groups is 1. The Bertz CT molecular complexity index is 751. The monoisotopic (exact) mass is 284 g/mol. The summed E-state index contributed by atoms with van der Waals surface area (Å²) in [5, 5.41) is 2.69. The number of rotatable bonds is 4. The third-order valence-electron chi connectivity index (χ3n) is 3.03. The molecule has 0 aliphatic carbocycles. The number of aromatic amines is 1. The van der Waals surface area contributed by atoms with Gasteiger partial charge in [0.25, 0.3) is 5.91 Å². The Morgan fingerprint density at radius 2 is 2.00 bits per heavy atom. The van der Waals surface area contributed by atoms with Gasteiger partial charge >= 0.3 is 0 Å². The van der Waals surface area contributed by atoms with Crippen LogP contribution in [0.15, 0.2) is 42.5 Å². The first-order valence-corrected chi connectivity index (χ1v) is 6.57. The van der Waals surface area contributed by atoms with E-state index in [2.05, 4.69) is 20.3 Å². The number of aromatic nitrogens is 3. The number of fused-ring (bicyclic) bond motifs is 1. The molecule has 6 heteroatoms. The zero-order chi connectivity index (χ0) is 14.7. The van der Waals surface area contributed by atoms with Crippen LogP contribution >= 0.6 is 0 Å². The number of imidazole rings is 1. The zero-order valence-electron chi connectivity index (χ0n) is 11.1. The van der Waals surface area contributed by atoms with Crippen LogP contribution in [0.2, 0.25) is 0 Å². The number of amides is 1. The Balaban J connectivity index is 1.59. The molecule has 0 saturated carbocycles. The van der Waals surface area contributed by atoms with Crippen molar-refractivity contribution in [1.82, 2.24) is 20.3 Å². The molecule has 1 amide bonds. The van der Waals surface area contributed by atoms with E-state index >= 15 is 0 Å². The van der Waals surface area contributed by atoms with Crippen LogP contribution in [0, 0.1) is 5.95 Å². The van der Waals surface area contributed by atoms with Gasteiger partial charge in [-0.05, 0) is 24.3 Å². The van der Waals surface area contributed by atoms with Crippen molar-refractivity contribution in [1.29, 1.82) is 0 Å². The summed E-state index contributed by atoms with van der Waals surface area (Å²) in [7, 11) is 0. The Morgan fingerprint density at radius 1 is 1.14 bits per heavy atom. The van der Waals surface area contributed by atoms with E-state index < -0.39 is 11.9 Å². The lowest BCUT2D eigenvalue weighted by Gasteiger charge is -2.03. The molecule has 0 unspecified atom stereocenters. The number of H-pyrrole nitrogens is 1. The Hall–Kier alpha value is -2.76. The molecule has 2 N–H and O–H groups in total. The first-order valence-electron chi connectivity index (χ1n) is 6.57. The van der Waals surface area contributed by atoms with Crippen molar-refractivity contribution in [3.8, 4) is 0 Å². The van der Waals surface area contributed by atoms with Crippen LogP contribution in [-0.2, 0) is 6.42 Å². The molecule has 106 valence electrons. The van der Waals surface area contributed by atoms with E-state index in [-0.39, 0.29) is 5.69 Å². The minimum atomic E-state index is -0.667. The molecular formula is C15H13FN4O. The fourth-order valence-electron chi connectivity index (χ4n) is 2.04. The normalized spacial score (nSPS) is 10.7. The molecule has 2 aromatic heterocycles. The number of halogens is 1. The van der Waals surface area contributed by atoms with Gasteiger partial charge in [0.05, 0.1) is 11.0 Å². The molecule has 0 bridgehead atoms. The van der Waals surface area contributed by atoms with Crippen LogP contribution in [0.1, 0.15) is 16.3 Å². The number of hydrogen-bond acceptors (Lipinski definition) is 3. The quantitative estimate of drug-likeness (QED) is 0.720. The maximum atomic E-state index is 12.9. The fraction of sp³-hybridized carbons (Fsp3) is 0.133. The predicted octanol–water partition coefficient (Wildman–Crippen LogP) is 2.07. The van der Waals surface area contributed by atoms with Gasteiger partial charge in [0.2, 0.25) is 5.95 Å². The SMILES string of the molecule is O=C(NCCc1nc2ccccc2[nH]1)c1cccc(F)n1. The van der Waals surface area contributed by atoms with Crippen LogP contribution in [0.4, 0.5) is 4.39 Å². The molecule has 0 spiro atoms. The summed E-state index contributed by atoms with van der Waals surface area (Å²) in [4.78, 5) is 22.9. The van der Waals surface area contributed by atoms with Gasteiger partial charge in [-0.2, -0.15) is 4.39 Å². The molecule has 21 heavy (non-hydrogen) atoms. The minimum Gasteiger partial charge on any atom is -0.350 e. The van der Waals surface area contributed by atoms with E-state index in [1.807, 2.05) is 24.3 Å². The van der Waals surface area contributed by atoms with Gasteiger partial charge in [-0.25, -0.2) is 9.97 Å². The summed E-state index contributed by atoms with van der Waals surface area (Å²) in [5.41, 5.74) is 1.93. The highest BCUT2D eigenvalue weighted by molar-refractivity contribution is 5.92. The number of hydrogen-bond donors (Lipinski definition) is 2. The topological polar surface area (TPSA) is 70.7 Å². The van der Waals surface area contributed by atoms with Gasteiger partial charge < -0.3 is 10.3 Å². The zero-order valence-corrected chi connectivity index (χ0v) is 11.1. The van der Waals surface area contributed by atoms with E-state index in [0.717, 1.165) is 16.9 Å². The lowest BCUT2D eigenvalue weighted by molar-refractivity contribution is 0.0948. The third kappa shape index (κ3) is 3.05. The first-order chi connectivity index (χ1) is 10.2. The number of pyridine rings is 1. The van der Waals surface area contributed by atoms with Crippen LogP contribution in [0.25, 0.3) is 11.0 Å². The molecule has 3 aromatic rings. The van der Waals surface area contributed by atoms with Crippen molar-refractivity contribution in [2.24, 2.45) is 0 Å². The number of carbonyl (C=O) groups excluding carboxylic acids is 1. The lowest BCUT2D eigenvalue weighted by atomic mass is 10.3. The molecule has 0 atom stereocenters. The average Bonchev–Trinajstić information content (AvgIpc) is 2.89. The molecule has 2 heterocycles. The second kappa shape index (κ2) is 5.70. The molecule has 0 fully saturated rings. The van der Waals surface area contributed by atoms with Crippen molar-refractivity contribution < 1.29 is 9.18 Å². The summed E-state index contributed by atoms with van der Waals surface area (Å²) in [6, 6.07) is 11.8. The molecule has 0 aliphatic rings. The van der Waals surface area contributed by atoms with E-state index in [4.69, 9.17) is 0 Å². The highest BCUT2D eigenvalue weighted by atomic mass is 19.1. The van der Waals surface area contributed by atoms with Crippen LogP contribution < -0.4 is 5.32 Å². The molecule has 0 radical (unpaired) electrons. The smallest absolute Gasteiger partial charge is 0.270 e. The van der Waals surface area contributed by atoms with Crippen LogP contribution in [-0.4, -0.2) is 27.4 Å². The standard InChI is InChI=1S/C15H13FN4O/c16-13-7-3-6-12(18-13)15(21)17-9-8-14-19-10-4-1-2-5-11(10)20-14/h1-7H,8-9H2,(H,17,21)(H,19,20).